The Morgan fingerprint density at radius 3 is 2.75 bits per heavy atom. The Morgan fingerprint density at radius 1 is 1.25 bits per heavy atom. The molecule has 2 saturated heterocycles. The summed E-state index contributed by atoms with van der Waals surface area (Å²) in [4.78, 5) is 39.5. The van der Waals surface area contributed by atoms with Crippen LogP contribution in [0.2, 0.25) is 0 Å². The number of carbonyl (C=O) groups is 2. The molecule has 3 heterocycles. The average Bonchev–Trinajstić information content (AvgIpc) is 3.01. The molecule has 1 unspecified atom stereocenters. The molecule has 2 aliphatic heterocycles. The average molecular weight is 349 g/mol. The molecule has 0 N–H and O–H groups in total. The van der Waals surface area contributed by atoms with Gasteiger partial charge in [-0.1, -0.05) is 11.3 Å². The third kappa shape index (κ3) is 2.02. The van der Waals surface area contributed by atoms with E-state index in [1.807, 2.05) is 6.92 Å². The van der Waals surface area contributed by atoms with Crippen LogP contribution >= 0.6 is 11.3 Å². The molecule has 1 atom stereocenters. The number of anilines is 1. The highest BCUT2D eigenvalue weighted by molar-refractivity contribution is 7.16. The molecule has 24 heavy (non-hydrogen) atoms. The SMILES string of the molecule is CCn1c(=O)sc2cc(F)c(N3C(=O)C4CCCCN4C3=O)cc21. The number of halogens is 1. The quantitative estimate of drug-likeness (QED) is 0.783. The van der Waals surface area contributed by atoms with Crippen LogP contribution < -0.4 is 9.77 Å². The van der Waals surface area contributed by atoms with Gasteiger partial charge in [-0.2, -0.15) is 0 Å². The maximum atomic E-state index is 14.6. The monoisotopic (exact) mass is 349 g/mol. The van der Waals surface area contributed by atoms with Gasteiger partial charge in [-0.05, 0) is 38.3 Å². The van der Waals surface area contributed by atoms with Crippen molar-refractivity contribution >= 4 is 39.2 Å². The first-order valence-corrected chi connectivity index (χ1v) is 8.82. The molecule has 1 aromatic carbocycles. The first-order valence-electron chi connectivity index (χ1n) is 8.00. The van der Waals surface area contributed by atoms with Gasteiger partial charge in [0.1, 0.15) is 11.9 Å². The number of imide groups is 1. The fourth-order valence-electron chi connectivity index (χ4n) is 3.55. The summed E-state index contributed by atoms with van der Waals surface area (Å²) in [7, 11) is 0. The largest absolute Gasteiger partial charge is 0.332 e. The Balaban J connectivity index is 1.86. The maximum Gasteiger partial charge on any atom is 0.332 e. The van der Waals surface area contributed by atoms with Crippen molar-refractivity contribution < 1.29 is 14.0 Å². The van der Waals surface area contributed by atoms with Gasteiger partial charge >= 0.3 is 10.9 Å². The molecule has 0 spiro atoms. The van der Waals surface area contributed by atoms with Gasteiger partial charge in [0.05, 0.1) is 15.9 Å². The fourth-order valence-corrected chi connectivity index (χ4v) is 4.52. The van der Waals surface area contributed by atoms with Gasteiger partial charge in [-0.3, -0.25) is 14.2 Å². The van der Waals surface area contributed by atoms with Gasteiger partial charge in [0, 0.05) is 13.1 Å². The maximum absolute atomic E-state index is 14.6. The van der Waals surface area contributed by atoms with Gasteiger partial charge in [-0.25, -0.2) is 14.1 Å². The molecule has 3 amide bonds. The second-order valence-electron chi connectivity index (χ2n) is 6.04. The molecular weight excluding hydrogens is 333 g/mol. The number of urea groups is 1. The number of hydrogen-bond acceptors (Lipinski definition) is 4. The van der Waals surface area contributed by atoms with E-state index in [0.29, 0.717) is 29.7 Å². The number of benzene rings is 1. The van der Waals surface area contributed by atoms with E-state index in [1.165, 1.54) is 21.6 Å². The van der Waals surface area contributed by atoms with Crippen molar-refractivity contribution in [2.75, 3.05) is 11.4 Å². The van der Waals surface area contributed by atoms with E-state index < -0.39 is 17.9 Å². The van der Waals surface area contributed by atoms with Crippen LogP contribution in [0.4, 0.5) is 14.9 Å². The number of rotatable bonds is 2. The number of aryl methyl sites for hydroxylation is 1. The lowest BCUT2D eigenvalue weighted by atomic mass is 10.0. The third-order valence-corrected chi connectivity index (χ3v) is 5.68. The Kier molecular flexibility index (Phi) is 3.45. The van der Waals surface area contributed by atoms with Gasteiger partial charge in [-0.15, -0.1) is 0 Å². The molecule has 2 fully saturated rings. The zero-order valence-corrected chi connectivity index (χ0v) is 13.9. The molecule has 4 rings (SSSR count). The second-order valence-corrected chi connectivity index (χ2v) is 7.04. The van der Waals surface area contributed by atoms with E-state index in [0.717, 1.165) is 29.1 Å². The summed E-state index contributed by atoms with van der Waals surface area (Å²) in [6, 6.07) is 1.72. The molecular formula is C16H16FN3O3S. The molecule has 1 aromatic heterocycles. The molecule has 2 aromatic rings. The van der Waals surface area contributed by atoms with Crippen molar-refractivity contribution in [3.05, 3.63) is 27.6 Å². The van der Waals surface area contributed by atoms with Crippen molar-refractivity contribution in [1.29, 1.82) is 0 Å². The number of aromatic nitrogens is 1. The van der Waals surface area contributed by atoms with Gasteiger partial charge < -0.3 is 4.90 Å². The van der Waals surface area contributed by atoms with E-state index in [-0.39, 0.29) is 16.5 Å². The van der Waals surface area contributed by atoms with Crippen LogP contribution in [0.3, 0.4) is 0 Å². The summed E-state index contributed by atoms with van der Waals surface area (Å²) >= 11 is 0.959. The Labute approximate surface area is 141 Å². The van der Waals surface area contributed by atoms with Crippen molar-refractivity contribution in [2.24, 2.45) is 0 Å². The Morgan fingerprint density at radius 2 is 2.04 bits per heavy atom. The second kappa shape index (κ2) is 5.41. The van der Waals surface area contributed by atoms with Crippen LogP contribution in [0.5, 0.6) is 0 Å². The molecule has 0 saturated carbocycles. The molecule has 6 nitrogen and oxygen atoms in total. The van der Waals surface area contributed by atoms with Gasteiger partial charge in [0.15, 0.2) is 0 Å². The van der Waals surface area contributed by atoms with E-state index >= 15 is 0 Å². The lowest BCUT2D eigenvalue weighted by Crippen LogP contribution is -2.39. The Bertz CT molecular complexity index is 895. The molecule has 8 heteroatoms. The van der Waals surface area contributed by atoms with Crippen LogP contribution in [0, 0.1) is 5.82 Å². The summed E-state index contributed by atoms with van der Waals surface area (Å²) < 4.78 is 16.6. The van der Waals surface area contributed by atoms with E-state index in [9.17, 15) is 18.8 Å². The molecule has 0 bridgehead atoms. The zero-order chi connectivity index (χ0) is 17.0. The molecule has 0 radical (unpaired) electrons. The number of hydrogen-bond donors (Lipinski definition) is 0. The smallest absolute Gasteiger partial charge is 0.312 e. The molecule has 126 valence electrons. The summed E-state index contributed by atoms with van der Waals surface area (Å²) in [5.41, 5.74) is 0.487. The fraction of sp³-hybridized carbons (Fsp3) is 0.438. The minimum absolute atomic E-state index is 0.0631. The number of piperidine rings is 1. The van der Waals surface area contributed by atoms with Crippen LogP contribution in [0.1, 0.15) is 26.2 Å². The van der Waals surface area contributed by atoms with Crippen LogP contribution in [-0.2, 0) is 11.3 Å². The van der Waals surface area contributed by atoms with Crippen LogP contribution in [0.25, 0.3) is 10.2 Å². The summed E-state index contributed by atoms with van der Waals surface area (Å²) in [6.45, 7) is 2.79. The predicted octanol–water partition coefficient (Wildman–Crippen LogP) is 2.54. The third-order valence-electron chi connectivity index (χ3n) is 4.74. The van der Waals surface area contributed by atoms with Crippen LogP contribution in [-0.4, -0.2) is 34.0 Å². The zero-order valence-electron chi connectivity index (χ0n) is 13.1. The minimum Gasteiger partial charge on any atom is -0.312 e. The summed E-state index contributed by atoms with van der Waals surface area (Å²) in [6.07, 6.45) is 2.35. The van der Waals surface area contributed by atoms with Crippen molar-refractivity contribution in [3.8, 4) is 0 Å². The first-order chi connectivity index (χ1) is 11.5. The first kappa shape index (κ1) is 15.3. The summed E-state index contributed by atoms with van der Waals surface area (Å²) in [5, 5.41) is 0. The highest BCUT2D eigenvalue weighted by Crippen LogP contribution is 2.34. The lowest BCUT2D eigenvalue weighted by Gasteiger charge is -2.25. The normalized spacial score (nSPS) is 21.0. The van der Waals surface area contributed by atoms with E-state index in [1.54, 1.807) is 0 Å². The van der Waals surface area contributed by atoms with Crippen molar-refractivity contribution in [1.82, 2.24) is 9.47 Å². The van der Waals surface area contributed by atoms with E-state index in [4.69, 9.17) is 0 Å². The van der Waals surface area contributed by atoms with Crippen molar-refractivity contribution in [2.45, 2.75) is 38.8 Å². The molecule has 2 aliphatic rings. The van der Waals surface area contributed by atoms with Gasteiger partial charge in [0.2, 0.25) is 0 Å². The van der Waals surface area contributed by atoms with E-state index in [2.05, 4.69) is 0 Å². The lowest BCUT2D eigenvalue weighted by molar-refractivity contribution is -0.120. The molecule has 0 aliphatic carbocycles. The van der Waals surface area contributed by atoms with Gasteiger partial charge in [0.25, 0.3) is 5.91 Å². The number of fused-ring (bicyclic) bond motifs is 2. The number of nitrogens with zero attached hydrogens (tertiary/aromatic N) is 3. The van der Waals surface area contributed by atoms with Crippen molar-refractivity contribution in [3.63, 3.8) is 0 Å². The van der Waals surface area contributed by atoms with Crippen LogP contribution in [0.15, 0.2) is 16.9 Å². The number of thiazole rings is 1. The predicted molar refractivity (Wildman–Crippen MR) is 88.9 cm³/mol. The standard InChI is InChI=1S/C16H16FN3O3S/c1-2-18-12-8-11(9(17)7-13(12)24-16(18)23)20-14(21)10-5-3-4-6-19(10)15(20)22/h7-8,10H,2-6H2,1H3. The highest BCUT2D eigenvalue weighted by Gasteiger charge is 2.47. The number of amides is 3. The minimum atomic E-state index is -0.659. The number of carbonyl (C=O) groups excluding carboxylic acids is 2. The Hall–Kier alpha value is -2.22. The highest BCUT2D eigenvalue weighted by atomic mass is 32.1. The topological polar surface area (TPSA) is 62.6 Å². The summed E-state index contributed by atoms with van der Waals surface area (Å²) in [5.74, 6) is -1.04.